The van der Waals surface area contributed by atoms with Gasteiger partial charge in [0.05, 0.1) is 18.7 Å². The zero-order valence-corrected chi connectivity index (χ0v) is 12.9. The lowest BCUT2D eigenvalue weighted by Gasteiger charge is -2.05. The molecule has 0 unspecified atom stereocenters. The van der Waals surface area contributed by atoms with E-state index in [9.17, 15) is 9.18 Å². The van der Waals surface area contributed by atoms with Crippen LogP contribution >= 0.6 is 0 Å². The van der Waals surface area contributed by atoms with Crippen LogP contribution in [0.25, 0.3) is 22.0 Å². The molecule has 1 aromatic heterocycles. The molecule has 0 aliphatic rings. The van der Waals surface area contributed by atoms with Crippen molar-refractivity contribution in [3.8, 4) is 11.1 Å². The number of benzene rings is 2. The number of halogens is 1. The lowest BCUT2D eigenvalue weighted by molar-refractivity contribution is -0.122. The van der Waals surface area contributed by atoms with E-state index in [1.165, 1.54) is 12.1 Å². The number of amides is 1. The predicted molar refractivity (Wildman–Crippen MR) is 89.6 cm³/mol. The molecule has 0 saturated carbocycles. The minimum absolute atomic E-state index is 0.109. The first-order valence-electron chi connectivity index (χ1n) is 7.41. The Morgan fingerprint density at radius 1 is 1.25 bits per heavy atom. The Morgan fingerprint density at radius 2 is 2.00 bits per heavy atom. The number of nitrogens with two attached hydrogens (primary N) is 2. The van der Waals surface area contributed by atoms with E-state index >= 15 is 0 Å². The second kappa shape index (κ2) is 6.67. The lowest BCUT2D eigenvalue weighted by atomic mass is 10.0. The molecule has 3 rings (SSSR count). The Hall–Kier alpha value is -2.93. The molecule has 0 spiro atoms. The molecule has 6 nitrogen and oxygen atoms in total. The van der Waals surface area contributed by atoms with Gasteiger partial charge in [0, 0.05) is 22.8 Å². The second-order valence-corrected chi connectivity index (χ2v) is 5.42. The third-order valence-corrected chi connectivity index (χ3v) is 3.59. The van der Waals surface area contributed by atoms with Gasteiger partial charge in [-0.2, -0.15) is 5.10 Å². The highest BCUT2D eigenvalue weighted by Gasteiger charge is 2.08. The summed E-state index contributed by atoms with van der Waals surface area (Å²) >= 11 is 0. The maximum absolute atomic E-state index is 13.1. The lowest BCUT2D eigenvalue weighted by Crippen LogP contribution is -2.19. The van der Waals surface area contributed by atoms with E-state index in [4.69, 9.17) is 16.2 Å². The Kier molecular flexibility index (Phi) is 4.43. The van der Waals surface area contributed by atoms with Gasteiger partial charge in [-0.1, -0.05) is 12.1 Å². The smallest absolute Gasteiger partial charge is 0.243 e. The number of fused-ring (bicyclic) bond motifs is 1. The molecule has 4 N–H and O–H groups in total. The van der Waals surface area contributed by atoms with Crippen LogP contribution in [0.1, 0.15) is 0 Å². The Morgan fingerprint density at radius 3 is 2.71 bits per heavy atom. The molecule has 0 atom stereocenters. The molecule has 0 radical (unpaired) electrons. The fourth-order valence-electron chi connectivity index (χ4n) is 2.47. The number of nitrogens with zero attached hydrogens (tertiary/aromatic N) is 2. The summed E-state index contributed by atoms with van der Waals surface area (Å²) in [5.41, 5.74) is 14.1. The average molecular weight is 328 g/mol. The van der Waals surface area contributed by atoms with Gasteiger partial charge in [0.1, 0.15) is 12.4 Å². The number of rotatable bonds is 6. The summed E-state index contributed by atoms with van der Waals surface area (Å²) in [5.74, 6) is -0.795. The van der Waals surface area contributed by atoms with Gasteiger partial charge in [0.25, 0.3) is 0 Å². The molecule has 0 fully saturated rings. The van der Waals surface area contributed by atoms with E-state index in [0.717, 1.165) is 22.0 Å². The van der Waals surface area contributed by atoms with Crippen LogP contribution in [-0.2, 0) is 16.1 Å². The van der Waals surface area contributed by atoms with Gasteiger partial charge in [-0.05, 0) is 29.8 Å². The van der Waals surface area contributed by atoms with Crippen LogP contribution in [0.2, 0.25) is 0 Å². The molecule has 24 heavy (non-hydrogen) atoms. The summed E-state index contributed by atoms with van der Waals surface area (Å²) < 4.78 is 19.9. The molecule has 7 heteroatoms. The van der Waals surface area contributed by atoms with Crippen molar-refractivity contribution >= 4 is 22.5 Å². The SMILES string of the molecule is NC(=O)COCCn1cc2cc(N)c(-c3ccc(F)cc3)cc2n1. The van der Waals surface area contributed by atoms with Crippen LogP contribution in [0.5, 0.6) is 0 Å². The van der Waals surface area contributed by atoms with Gasteiger partial charge in [0.15, 0.2) is 0 Å². The molecule has 3 aromatic rings. The minimum Gasteiger partial charge on any atom is -0.398 e. The Bertz CT molecular complexity index is 874. The fourth-order valence-corrected chi connectivity index (χ4v) is 2.47. The first kappa shape index (κ1) is 15.9. The standard InChI is InChI=1S/C17H17FN4O2/c18-13-3-1-11(2-4-13)14-8-16-12(7-15(14)19)9-22(21-16)5-6-24-10-17(20)23/h1-4,7-9H,5-6,10,19H2,(H2,20,23). The number of aromatic nitrogens is 2. The van der Waals surface area contributed by atoms with Crippen molar-refractivity contribution in [2.45, 2.75) is 6.54 Å². The van der Waals surface area contributed by atoms with Crippen LogP contribution in [0.4, 0.5) is 10.1 Å². The summed E-state index contributed by atoms with van der Waals surface area (Å²) in [6.07, 6.45) is 1.85. The quantitative estimate of drug-likeness (QED) is 0.534. The van der Waals surface area contributed by atoms with Crippen molar-refractivity contribution in [2.24, 2.45) is 5.73 Å². The Labute approximate surface area is 137 Å². The van der Waals surface area contributed by atoms with Gasteiger partial charge >= 0.3 is 0 Å². The van der Waals surface area contributed by atoms with Crippen molar-refractivity contribution in [1.29, 1.82) is 0 Å². The summed E-state index contributed by atoms with van der Waals surface area (Å²) in [5, 5.41) is 5.36. The van der Waals surface area contributed by atoms with Crippen LogP contribution in [0.3, 0.4) is 0 Å². The number of primary amides is 1. The number of hydrogen-bond donors (Lipinski definition) is 2. The maximum Gasteiger partial charge on any atom is 0.243 e. The summed E-state index contributed by atoms with van der Waals surface area (Å²) in [4.78, 5) is 10.6. The van der Waals surface area contributed by atoms with E-state index in [2.05, 4.69) is 5.10 Å². The fraction of sp³-hybridized carbons (Fsp3) is 0.176. The average Bonchev–Trinajstić information content (AvgIpc) is 2.93. The number of nitrogen functional groups attached to an aromatic ring is 1. The highest BCUT2D eigenvalue weighted by molar-refractivity contribution is 5.91. The summed E-state index contributed by atoms with van der Waals surface area (Å²) in [6.45, 7) is 0.716. The van der Waals surface area contributed by atoms with Crippen molar-refractivity contribution < 1.29 is 13.9 Å². The van der Waals surface area contributed by atoms with Crippen molar-refractivity contribution in [2.75, 3.05) is 18.9 Å². The molecule has 1 heterocycles. The molecule has 2 aromatic carbocycles. The molecular weight excluding hydrogens is 311 g/mol. The zero-order valence-electron chi connectivity index (χ0n) is 12.9. The third kappa shape index (κ3) is 3.52. The molecule has 0 aliphatic carbocycles. The van der Waals surface area contributed by atoms with E-state index in [1.807, 2.05) is 18.3 Å². The highest BCUT2D eigenvalue weighted by atomic mass is 19.1. The summed E-state index contributed by atoms with van der Waals surface area (Å²) in [7, 11) is 0. The van der Waals surface area contributed by atoms with Crippen LogP contribution in [-0.4, -0.2) is 28.9 Å². The molecule has 124 valence electrons. The van der Waals surface area contributed by atoms with E-state index in [1.54, 1.807) is 16.8 Å². The van der Waals surface area contributed by atoms with Crippen LogP contribution in [0, 0.1) is 5.82 Å². The Balaban J connectivity index is 1.82. The van der Waals surface area contributed by atoms with Gasteiger partial charge in [0.2, 0.25) is 5.91 Å². The minimum atomic E-state index is -0.502. The van der Waals surface area contributed by atoms with Crippen LogP contribution < -0.4 is 11.5 Å². The molecule has 0 aliphatic heterocycles. The van der Waals surface area contributed by atoms with E-state index < -0.39 is 5.91 Å². The predicted octanol–water partition coefficient (Wildman–Crippen LogP) is 1.93. The largest absolute Gasteiger partial charge is 0.398 e. The maximum atomic E-state index is 13.1. The molecular formula is C17H17FN4O2. The second-order valence-electron chi connectivity index (χ2n) is 5.42. The van der Waals surface area contributed by atoms with Gasteiger partial charge in [-0.3, -0.25) is 9.48 Å². The molecule has 1 amide bonds. The summed E-state index contributed by atoms with van der Waals surface area (Å²) in [6, 6.07) is 9.87. The van der Waals surface area contributed by atoms with Gasteiger partial charge in [-0.15, -0.1) is 0 Å². The van der Waals surface area contributed by atoms with Crippen molar-refractivity contribution in [1.82, 2.24) is 9.78 Å². The number of anilines is 1. The van der Waals surface area contributed by atoms with E-state index in [-0.39, 0.29) is 12.4 Å². The number of carbonyl (C=O) groups is 1. The highest BCUT2D eigenvalue weighted by Crippen LogP contribution is 2.30. The number of ether oxygens (including phenoxy) is 1. The van der Waals surface area contributed by atoms with Gasteiger partial charge in [-0.25, -0.2) is 4.39 Å². The normalized spacial score (nSPS) is 11.0. The zero-order chi connectivity index (χ0) is 17.1. The van der Waals surface area contributed by atoms with E-state index in [0.29, 0.717) is 18.8 Å². The monoisotopic (exact) mass is 328 g/mol. The number of hydrogen-bond acceptors (Lipinski definition) is 4. The molecule has 0 saturated heterocycles. The van der Waals surface area contributed by atoms with Crippen molar-refractivity contribution in [3.63, 3.8) is 0 Å². The number of carbonyl (C=O) groups excluding carboxylic acids is 1. The third-order valence-electron chi connectivity index (χ3n) is 3.59. The van der Waals surface area contributed by atoms with Crippen molar-refractivity contribution in [3.05, 3.63) is 48.4 Å². The van der Waals surface area contributed by atoms with Gasteiger partial charge < -0.3 is 16.2 Å². The molecule has 0 bridgehead atoms. The van der Waals surface area contributed by atoms with Crippen LogP contribution in [0.15, 0.2) is 42.6 Å². The first-order chi connectivity index (χ1) is 11.5. The topological polar surface area (TPSA) is 96.2 Å². The first-order valence-corrected chi connectivity index (χ1v) is 7.41.